The number of aromatic carboxylic acids is 1. The molecule has 0 saturated heterocycles. The molecule has 20 heavy (non-hydrogen) atoms. The van der Waals surface area contributed by atoms with Crippen LogP contribution in [0.25, 0.3) is 0 Å². The van der Waals surface area contributed by atoms with Gasteiger partial charge in [0.1, 0.15) is 17.1 Å². The molecule has 1 aromatic carbocycles. The van der Waals surface area contributed by atoms with Crippen molar-refractivity contribution >= 4 is 11.9 Å². The van der Waals surface area contributed by atoms with E-state index in [9.17, 15) is 14.7 Å². The number of aromatic hydroxyl groups is 1. The van der Waals surface area contributed by atoms with Gasteiger partial charge >= 0.3 is 11.9 Å². The lowest BCUT2D eigenvalue weighted by atomic mass is 10.1. The number of ether oxygens (including phenoxy) is 1. The molecule has 2 N–H and O–H groups in total. The van der Waals surface area contributed by atoms with Crippen molar-refractivity contribution in [2.75, 3.05) is 0 Å². The van der Waals surface area contributed by atoms with Gasteiger partial charge in [-0.25, -0.2) is 4.79 Å². The van der Waals surface area contributed by atoms with Crippen LogP contribution in [-0.2, 0) is 4.79 Å². The molecule has 0 amide bonds. The smallest absolute Gasteiger partial charge is 0.339 e. The third kappa shape index (κ3) is 5.30. The summed E-state index contributed by atoms with van der Waals surface area (Å²) in [5, 5.41) is 18.2. The van der Waals surface area contributed by atoms with Crippen LogP contribution in [0.2, 0.25) is 0 Å². The molecular weight excluding hydrogens is 260 g/mol. The quantitative estimate of drug-likeness (QED) is 0.433. The van der Waals surface area contributed by atoms with E-state index in [-0.39, 0.29) is 23.0 Å². The average molecular weight is 280 g/mol. The van der Waals surface area contributed by atoms with Gasteiger partial charge < -0.3 is 14.9 Å². The third-order valence-electron chi connectivity index (χ3n) is 2.91. The highest BCUT2D eigenvalue weighted by Gasteiger charge is 2.12. The lowest BCUT2D eigenvalue weighted by molar-refractivity contribution is -0.134. The van der Waals surface area contributed by atoms with Crippen molar-refractivity contribution in [3.05, 3.63) is 23.8 Å². The molecule has 0 atom stereocenters. The minimum atomic E-state index is -1.26. The Morgan fingerprint density at radius 3 is 2.50 bits per heavy atom. The Morgan fingerprint density at radius 1 is 1.15 bits per heavy atom. The molecule has 0 aliphatic carbocycles. The number of carbonyl (C=O) groups excluding carboxylic acids is 1. The summed E-state index contributed by atoms with van der Waals surface area (Å²) in [6.45, 7) is 2.12. The molecule has 1 aromatic rings. The number of benzene rings is 1. The fourth-order valence-corrected chi connectivity index (χ4v) is 1.81. The van der Waals surface area contributed by atoms with Gasteiger partial charge in [-0.2, -0.15) is 0 Å². The zero-order valence-corrected chi connectivity index (χ0v) is 11.6. The van der Waals surface area contributed by atoms with Crippen molar-refractivity contribution < 1.29 is 24.5 Å². The van der Waals surface area contributed by atoms with Crippen LogP contribution in [0.15, 0.2) is 18.2 Å². The number of unbranched alkanes of at least 4 members (excludes halogenated alkanes) is 4. The van der Waals surface area contributed by atoms with Gasteiger partial charge in [0, 0.05) is 6.42 Å². The predicted octanol–water partition coefficient (Wildman–Crippen LogP) is 3.36. The minimum Gasteiger partial charge on any atom is -0.507 e. The van der Waals surface area contributed by atoms with Crippen LogP contribution < -0.4 is 4.74 Å². The van der Waals surface area contributed by atoms with Crippen LogP contribution in [0.4, 0.5) is 0 Å². The summed E-state index contributed by atoms with van der Waals surface area (Å²) in [4.78, 5) is 22.4. The number of carboxylic acid groups (broad SMARTS) is 1. The number of esters is 1. The van der Waals surface area contributed by atoms with E-state index in [1.165, 1.54) is 12.1 Å². The Morgan fingerprint density at radius 2 is 1.85 bits per heavy atom. The molecule has 110 valence electrons. The molecule has 0 spiro atoms. The SMILES string of the molecule is CCCCCCCC(=O)Oc1ccc(O)c(C(=O)O)c1. The standard InChI is InChI=1S/C15H20O5/c1-2-3-4-5-6-7-14(17)20-11-8-9-13(16)12(10-11)15(18)19/h8-10,16H,2-7H2,1H3,(H,18,19). The molecule has 1 rings (SSSR count). The van der Waals surface area contributed by atoms with Crippen molar-refractivity contribution in [3.8, 4) is 11.5 Å². The number of rotatable bonds is 8. The molecule has 0 aliphatic heterocycles. The lowest BCUT2D eigenvalue weighted by Gasteiger charge is -2.06. The van der Waals surface area contributed by atoms with E-state index < -0.39 is 5.97 Å². The highest BCUT2D eigenvalue weighted by atomic mass is 16.5. The van der Waals surface area contributed by atoms with Crippen molar-refractivity contribution in [1.29, 1.82) is 0 Å². The van der Waals surface area contributed by atoms with Crippen LogP contribution in [-0.4, -0.2) is 22.2 Å². The van der Waals surface area contributed by atoms with Crippen molar-refractivity contribution in [2.24, 2.45) is 0 Å². The maximum atomic E-state index is 11.6. The van der Waals surface area contributed by atoms with E-state index in [1.54, 1.807) is 0 Å². The van der Waals surface area contributed by atoms with Gasteiger partial charge in [0.2, 0.25) is 0 Å². The highest BCUT2D eigenvalue weighted by molar-refractivity contribution is 5.91. The third-order valence-corrected chi connectivity index (χ3v) is 2.91. The van der Waals surface area contributed by atoms with Gasteiger partial charge in [-0.3, -0.25) is 4.79 Å². The summed E-state index contributed by atoms with van der Waals surface area (Å²) < 4.78 is 5.05. The van der Waals surface area contributed by atoms with Crippen LogP contribution in [0.5, 0.6) is 11.5 Å². The second kappa shape index (κ2) is 8.19. The Hall–Kier alpha value is -2.04. The van der Waals surface area contributed by atoms with Gasteiger partial charge in [0.25, 0.3) is 0 Å². The van der Waals surface area contributed by atoms with E-state index in [4.69, 9.17) is 9.84 Å². The first kappa shape index (κ1) is 16.0. The van der Waals surface area contributed by atoms with Gasteiger partial charge in [-0.15, -0.1) is 0 Å². The van der Waals surface area contributed by atoms with E-state index in [2.05, 4.69) is 6.92 Å². The van der Waals surface area contributed by atoms with Gasteiger partial charge in [0.05, 0.1) is 0 Å². The summed E-state index contributed by atoms with van der Waals surface area (Å²) in [7, 11) is 0. The van der Waals surface area contributed by atoms with Gasteiger partial charge in [-0.05, 0) is 24.6 Å². The minimum absolute atomic E-state index is 0.138. The van der Waals surface area contributed by atoms with Crippen molar-refractivity contribution in [1.82, 2.24) is 0 Å². The van der Waals surface area contributed by atoms with E-state index >= 15 is 0 Å². The predicted molar refractivity (Wildman–Crippen MR) is 74.1 cm³/mol. The van der Waals surface area contributed by atoms with Crippen LogP contribution >= 0.6 is 0 Å². The van der Waals surface area contributed by atoms with Crippen molar-refractivity contribution in [2.45, 2.75) is 45.4 Å². The van der Waals surface area contributed by atoms with Crippen molar-refractivity contribution in [3.63, 3.8) is 0 Å². The van der Waals surface area contributed by atoms with Gasteiger partial charge in [-0.1, -0.05) is 32.6 Å². The molecule has 5 heteroatoms. The Bertz CT molecular complexity index is 467. The number of hydrogen-bond donors (Lipinski definition) is 2. The molecule has 0 aliphatic rings. The zero-order valence-electron chi connectivity index (χ0n) is 11.6. The maximum Gasteiger partial charge on any atom is 0.339 e. The topological polar surface area (TPSA) is 83.8 Å². The first-order valence-corrected chi connectivity index (χ1v) is 6.81. The lowest BCUT2D eigenvalue weighted by Crippen LogP contribution is -2.08. The number of carbonyl (C=O) groups is 2. The summed E-state index contributed by atoms with van der Waals surface area (Å²) in [6.07, 6.45) is 5.48. The van der Waals surface area contributed by atoms with Crippen LogP contribution in [0.3, 0.4) is 0 Å². The Labute approximate surface area is 118 Å². The molecule has 0 heterocycles. The Balaban J connectivity index is 2.46. The maximum absolute atomic E-state index is 11.6. The molecule has 0 saturated carbocycles. The normalized spacial score (nSPS) is 10.2. The molecule has 0 unspecified atom stereocenters. The van der Waals surface area contributed by atoms with Gasteiger partial charge in [0.15, 0.2) is 0 Å². The largest absolute Gasteiger partial charge is 0.507 e. The summed E-state index contributed by atoms with van der Waals surface area (Å²) >= 11 is 0. The molecule has 5 nitrogen and oxygen atoms in total. The second-order valence-electron chi connectivity index (χ2n) is 4.62. The molecule has 0 radical (unpaired) electrons. The fraction of sp³-hybridized carbons (Fsp3) is 0.467. The monoisotopic (exact) mass is 280 g/mol. The molecular formula is C15H20O5. The molecule has 0 aromatic heterocycles. The van der Waals surface area contributed by atoms with Crippen LogP contribution in [0, 0.1) is 0 Å². The molecule has 0 fully saturated rings. The first-order valence-electron chi connectivity index (χ1n) is 6.81. The average Bonchev–Trinajstić information content (AvgIpc) is 2.40. The summed E-state index contributed by atoms with van der Waals surface area (Å²) in [5.74, 6) is -1.86. The number of carboxylic acids is 1. The number of phenols is 1. The Kier molecular flexibility index (Phi) is 6.56. The second-order valence-corrected chi connectivity index (χ2v) is 4.62. The highest BCUT2D eigenvalue weighted by Crippen LogP contribution is 2.23. The van der Waals surface area contributed by atoms with E-state index in [0.29, 0.717) is 6.42 Å². The first-order chi connectivity index (χ1) is 9.54. The summed E-state index contributed by atoms with van der Waals surface area (Å²) in [5.41, 5.74) is -0.279. The summed E-state index contributed by atoms with van der Waals surface area (Å²) in [6, 6.07) is 3.72. The molecule has 0 bridgehead atoms. The van der Waals surface area contributed by atoms with Crippen LogP contribution in [0.1, 0.15) is 55.8 Å². The van der Waals surface area contributed by atoms with E-state index in [0.717, 1.165) is 38.2 Å². The fourth-order valence-electron chi connectivity index (χ4n) is 1.81. The number of hydrogen-bond acceptors (Lipinski definition) is 4. The zero-order chi connectivity index (χ0) is 15.0. The van der Waals surface area contributed by atoms with E-state index in [1.807, 2.05) is 0 Å².